The van der Waals surface area contributed by atoms with E-state index in [4.69, 9.17) is 4.74 Å². The average Bonchev–Trinajstić information content (AvgIpc) is 3.01. The van der Waals surface area contributed by atoms with E-state index in [2.05, 4.69) is 5.32 Å². The summed E-state index contributed by atoms with van der Waals surface area (Å²) in [5, 5.41) is 2.88. The minimum atomic E-state index is -1.29. The minimum absolute atomic E-state index is 0.0442. The van der Waals surface area contributed by atoms with E-state index < -0.39 is 17.4 Å². The number of nitrogens with zero attached hydrogens (tertiary/aromatic N) is 1. The van der Waals surface area contributed by atoms with Gasteiger partial charge >= 0.3 is 6.03 Å². The smallest absolute Gasteiger partial charge is 0.325 e. The fraction of sp³-hybridized carbons (Fsp3) is 0.130. The molecule has 3 amide bonds. The van der Waals surface area contributed by atoms with Gasteiger partial charge in [-0.2, -0.15) is 0 Å². The number of ether oxygens (including phenoxy) is 1. The molecule has 3 aromatic rings. The lowest BCUT2D eigenvalue weighted by atomic mass is 9.82. The van der Waals surface area contributed by atoms with E-state index in [1.165, 1.54) is 18.2 Å². The largest absolute Gasteiger partial charge is 0.492 e. The molecule has 0 aliphatic carbocycles. The van der Waals surface area contributed by atoms with Gasteiger partial charge in [-0.1, -0.05) is 66.7 Å². The third-order valence-corrected chi connectivity index (χ3v) is 4.90. The fourth-order valence-electron chi connectivity index (χ4n) is 3.52. The highest BCUT2D eigenvalue weighted by molar-refractivity contribution is 6.09. The molecule has 0 bridgehead atoms. The predicted octanol–water partition coefficient (Wildman–Crippen LogP) is 3.70. The van der Waals surface area contributed by atoms with Crippen molar-refractivity contribution in [3.8, 4) is 5.75 Å². The van der Waals surface area contributed by atoms with Gasteiger partial charge in [0.2, 0.25) is 0 Å². The lowest BCUT2D eigenvalue weighted by Crippen LogP contribution is -2.45. The zero-order chi connectivity index (χ0) is 20.3. The SMILES string of the molecule is O=C1NC(c2ccccc2)(c2ccccc2)C(=O)N1CCOc1cccc(F)c1. The molecule has 5 nitrogen and oxygen atoms in total. The fourth-order valence-corrected chi connectivity index (χ4v) is 3.52. The van der Waals surface area contributed by atoms with Gasteiger partial charge in [-0.25, -0.2) is 9.18 Å². The number of hydrogen-bond acceptors (Lipinski definition) is 3. The van der Waals surface area contributed by atoms with Crippen LogP contribution in [0.25, 0.3) is 0 Å². The Morgan fingerprint density at radius 2 is 1.48 bits per heavy atom. The van der Waals surface area contributed by atoms with Crippen LogP contribution in [0.15, 0.2) is 84.9 Å². The zero-order valence-electron chi connectivity index (χ0n) is 15.5. The Balaban J connectivity index is 1.60. The molecule has 1 saturated heterocycles. The van der Waals surface area contributed by atoms with Crippen LogP contribution in [0.4, 0.5) is 9.18 Å². The van der Waals surface area contributed by atoms with Gasteiger partial charge in [-0.15, -0.1) is 0 Å². The average molecular weight is 390 g/mol. The van der Waals surface area contributed by atoms with Crippen LogP contribution >= 0.6 is 0 Å². The van der Waals surface area contributed by atoms with E-state index in [1.54, 1.807) is 6.07 Å². The third-order valence-electron chi connectivity index (χ3n) is 4.90. The Labute approximate surface area is 167 Å². The summed E-state index contributed by atoms with van der Waals surface area (Å²) in [7, 11) is 0. The van der Waals surface area contributed by atoms with Gasteiger partial charge in [-0.05, 0) is 23.3 Å². The highest BCUT2D eigenvalue weighted by Gasteiger charge is 2.53. The van der Waals surface area contributed by atoms with Crippen molar-refractivity contribution in [2.24, 2.45) is 0 Å². The van der Waals surface area contributed by atoms with Crippen molar-refractivity contribution in [2.45, 2.75) is 5.54 Å². The van der Waals surface area contributed by atoms with Gasteiger partial charge in [0.15, 0.2) is 5.54 Å². The van der Waals surface area contributed by atoms with Crippen LogP contribution in [0.3, 0.4) is 0 Å². The molecular weight excluding hydrogens is 371 g/mol. The number of carbonyl (C=O) groups excluding carboxylic acids is 2. The molecule has 0 radical (unpaired) electrons. The number of amides is 3. The van der Waals surface area contributed by atoms with E-state index in [9.17, 15) is 14.0 Å². The predicted molar refractivity (Wildman–Crippen MR) is 106 cm³/mol. The second-order valence-electron chi connectivity index (χ2n) is 6.67. The van der Waals surface area contributed by atoms with E-state index >= 15 is 0 Å². The molecular formula is C23H19FN2O3. The van der Waals surface area contributed by atoms with Crippen LogP contribution in [0, 0.1) is 5.82 Å². The standard InChI is InChI=1S/C23H19FN2O3/c24-19-12-7-13-20(16-19)29-15-14-26-21(27)23(25-22(26)28,17-8-3-1-4-9-17)18-10-5-2-6-11-18/h1-13,16H,14-15H2,(H,25,28). The number of imide groups is 1. The lowest BCUT2D eigenvalue weighted by Gasteiger charge is -2.28. The Bertz CT molecular complexity index is 985. The van der Waals surface area contributed by atoms with Gasteiger partial charge in [0.25, 0.3) is 5.91 Å². The Morgan fingerprint density at radius 1 is 0.862 bits per heavy atom. The van der Waals surface area contributed by atoms with Crippen molar-refractivity contribution in [3.63, 3.8) is 0 Å². The molecule has 1 heterocycles. The quantitative estimate of drug-likeness (QED) is 0.653. The summed E-state index contributed by atoms with van der Waals surface area (Å²) in [6, 6.07) is 23.5. The van der Waals surface area contributed by atoms with Crippen LogP contribution in [-0.2, 0) is 10.3 Å². The van der Waals surface area contributed by atoms with Gasteiger partial charge in [0, 0.05) is 6.07 Å². The van der Waals surface area contributed by atoms with Crippen LogP contribution in [-0.4, -0.2) is 30.0 Å². The molecule has 1 N–H and O–H groups in total. The van der Waals surface area contributed by atoms with Crippen molar-refractivity contribution in [3.05, 3.63) is 102 Å². The molecule has 0 unspecified atom stereocenters. The Hall–Kier alpha value is -3.67. The monoisotopic (exact) mass is 390 g/mol. The zero-order valence-corrected chi connectivity index (χ0v) is 15.5. The first kappa shape index (κ1) is 18.7. The Kier molecular flexibility index (Phi) is 4.99. The van der Waals surface area contributed by atoms with Crippen LogP contribution < -0.4 is 10.1 Å². The molecule has 1 aliphatic rings. The maximum Gasteiger partial charge on any atom is 0.325 e. The molecule has 0 aromatic heterocycles. The first-order valence-electron chi connectivity index (χ1n) is 9.25. The van der Waals surface area contributed by atoms with Crippen LogP contribution in [0.5, 0.6) is 5.75 Å². The highest BCUT2D eigenvalue weighted by atomic mass is 19.1. The number of carbonyl (C=O) groups is 2. The van der Waals surface area contributed by atoms with Crippen molar-refractivity contribution < 1.29 is 18.7 Å². The number of nitrogens with one attached hydrogen (secondary N) is 1. The van der Waals surface area contributed by atoms with Gasteiger partial charge in [-0.3, -0.25) is 9.69 Å². The number of hydrogen-bond donors (Lipinski definition) is 1. The van der Waals surface area contributed by atoms with Crippen LogP contribution in [0.1, 0.15) is 11.1 Å². The topological polar surface area (TPSA) is 58.6 Å². The molecule has 0 spiro atoms. The third kappa shape index (κ3) is 3.45. The summed E-state index contributed by atoms with van der Waals surface area (Å²) < 4.78 is 18.8. The first-order chi connectivity index (χ1) is 14.1. The summed E-state index contributed by atoms with van der Waals surface area (Å²) in [6.45, 7) is 0.102. The summed E-state index contributed by atoms with van der Waals surface area (Å²) in [5.74, 6) is -0.443. The molecule has 1 fully saturated rings. The Morgan fingerprint density at radius 3 is 2.07 bits per heavy atom. The second-order valence-corrected chi connectivity index (χ2v) is 6.67. The number of halogens is 1. The molecule has 29 heavy (non-hydrogen) atoms. The summed E-state index contributed by atoms with van der Waals surface area (Å²) in [5.41, 5.74) is 0.0644. The number of benzene rings is 3. The molecule has 1 aliphatic heterocycles. The summed E-state index contributed by atoms with van der Waals surface area (Å²) >= 11 is 0. The van der Waals surface area contributed by atoms with Crippen molar-refractivity contribution in [1.82, 2.24) is 10.2 Å². The highest BCUT2D eigenvalue weighted by Crippen LogP contribution is 2.35. The summed E-state index contributed by atoms with van der Waals surface area (Å²) in [4.78, 5) is 27.3. The van der Waals surface area contributed by atoms with Gasteiger partial charge < -0.3 is 10.1 Å². The molecule has 0 saturated carbocycles. The second kappa shape index (κ2) is 7.75. The molecule has 0 atom stereocenters. The van der Waals surface area contributed by atoms with Crippen molar-refractivity contribution in [2.75, 3.05) is 13.2 Å². The van der Waals surface area contributed by atoms with Gasteiger partial charge in [0.1, 0.15) is 18.2 Å². The number of urea groups is 1. The van der Waals surface area contributed by atoms with E-state index in [-0.39, 0.29) is 19.1 Å². The molecule has 6 heteroatoms. The molecule has 4 rings (SSSR count). The molecule has 3 aromatic carbocycles. The lowest BCUT2D eigenvalue weighted by molar-refractivity contribution is -0.130. The van der Waals surface area contributed by atoms with Crippen molar-refractivity contribution in [1.29, 1.82) is 0 Å². The van der Waals surface area contributed by atoms with Crippen molar-refractivity contribution >= 4 is 11.9 Å². The number of rotatable bonds is 6. The van der Waals surface area contributed by atoms with Gasteiger partial charge in [0.05, 0.1) is 6.54 Å². The van der Waals surface area contributed by atoms with E-state index in [0.717, 1.165) is 4.90 Å². The normalized spacial score (nSPS) is 15.3. The summed E-state index contributed by atoms with van der Waals surface area (Å²) in [6.07, 6.45) is 0. The van der Waals surface area contributed by atoms with Crippen LogP contribution in [0.2, 0.25) is 0 Å². The van der Waals surface area contributed by atoms with E-state index in [0.29, 0.717) is 16.9 Å². The molecule has 146 valence electrons. The maximum atomic E-state index is 13.5. The first-order valence-corrected chi connectivity index (χ1v) is 9.25. The van der Waals surface area contributed by atoms with E-state index in [1.807, 2.05) is 60.7 Å². The maximum absolute atomic E-state index is 13.5. The minimum Gasteiger partial charge on any atom is -0.492 e.